The summed E-state index contributed by atoms with van der Waals surface area (Å²) in [6.45, 7) is 7.30. The molecule has 3 aromatic rings. The van der Waals surface area contributed by atoms with Crippen LogP contribution in [0.25, 0.3) is 22.2 Å². The van der Waals surface area contributed by atoms with E-state index in [4.69, 9.17) is 27.1 Å². The lowest BCUT2D eigenvalue weighted by molar-refractivity contribution is 0.0412. The minimum absolute atomic E-state index is 0. The molecular weight excluding hydrogens is 524 g/mol. The number of amides is 2. The van der Waals surface area contributed by atoms with E-state index in [0.717, 1.165) is 17.4 Å². The van der Waals surface area contributed by atoms with Crippen molar-refractivity contribution >= 4 is 48.0 Å². The number of fused-ring (bicyclic) bond motifs is 1. The quantitative estimate of drug-likeness (QED) is 0.460. The molecule has 2 heterocycles. The average Bonchev–Trinajstić information content (AvgIpc) is 2.90. The second kappa shape index (κ2) is 12.3. The Morgan fingerprint density at radius 3 is 2.53 bits per heavy atom. The van der Waals surface area contributed by atoms with Gasteiger partial charge in [0.05, 0.1) is 28.4 Å². The van der Waals surface area contributed by atoms with Crippen LogP contribution in [0.2, 0.25) is 5.02 Å². The molecule has 8 nitrogen and oxygen atoms in total. The number of halogens is 1. The SMILES string of the molecule is CCCOC(=O)N1CCN(C(=O)c2ccc3c(Cl)cc(-c4ccc(C(C)(O)CN)cc4)nc3c2)C[C@@H]1C.S. The zero-order valence-corrected chi connectivity index (χ0v) is 23.7. The van der Waals surface area contributed by atoms with Gasteiger partial charge >= 0.3 is 6.09 Å². The van der Waals surface area contributed by atoms with Crippen LogP contribution in [0.3, 0.4) is 0 Å². The molecule has 0 bridgehead atoms. The Morgan fingerprint density at radius 1 is 1.18 bits per heavy atom. The fourth-order valence-electron chi connectivity index (χ4n) is 4.45. The summed E-state index contributed by atoms with van der Waals surface area (Å²) in [6, 6.07) is 14.3. The van der Waals surface area contributed by atoms with E-state index in [1.54, 1.807) is 34.9 Å². The van der Waals surface area contributed by atoms with Crippen molar-refractivity contribution in [2.75, 3.05) is 32.8 Å². The molecule has 1 aliphatic heterocycles. The summed E-state index contributed by atoms with van der Waals surface area (Å²) in [5.74, 6) is -0.119. The van der Waals surface area contributed by atoms with Crippen LogP contribution in [-0.2, 0) is 10.3 Å². The summed E-state index contributed by atoms with van der Waals surface area (Å²) in [4.78, 5) is 33.8. The van der Waals surface area contributed by atoms with Crippen LogP contribution in [0.5, 0.6) is 0 Å². The van der Waals surface area contributed by atoms with Crippen LogP contribution in [0.15, 0.2) is 48.5 Å². The number of rotatable bonds is 6. The summed E-state index contributed by atoms with van der Waals surface area (Å²) in [6.07, 6.45) is 0.431. The maximum absolute atomic E-state index is 13.3. The monoisotopic (exact) mass is 558 g/mol. The topological polar surface area (TPSA) is 109 Å². The van der Waals surface area contributed by atoms with Gasteiger partial charge in [0.1, 0.15) is 0 Å². The van der Waals surface area contributed by atoms with Crippen LogP contribution in [0.1, 0.15) is 43.1 Å². The molecule has 0 aliphatic carbocycles. The second-order valence-electron chi connectivity index (χ2n) is 9.68. The first-order valence-electron chi connectivity index (χ1n) is 12.5. The van der Waals surface area contributed by atoms with Crippen molar-refractivity contribution in [2.24, 2.45) is 5.73 Å². The normalized spacial score (nSPS) is 17.1. The predicted molar refractivity (Wildman–Crippen MR) is 155 cm³/mol. The molecule has 1 saturated heterocycles. The number of ether oxygens (including phenoxy) is 1. The van der Waals surface area contributed by atoms with Crippen molar-refractivity contribution in [3.63, 3.8) is 0 Å². The van der Waals surface area contributed by atoms with E-state index in [2.05, 4.69) is 0 Å². The molecule has 1 fully saturated rings. The minimum Gasteiger partial charge on any atom is -0.449 e. The number of benzene rings is 2. The van der Waals surface area contributed by atoms with Crippen LogP contribution in [0.4, 0.5) is 4.79 Å². The Morgan fingerprint density at radius 2 is 1.89 bits per heavy atom. The summed E-state index contributed by atoms with van der Waals surface area (Å²) in [5.41, 5.74) is 7.89. The Balaban J connectivity index is 0.00000400. The Hall–Kier alpha value is -2.85. The molecule has 4 rings (SSSR count). The number of aliphatic hydroxyl groups is 1. The molecule has 0 spiro atoms. The maximum Gasteiger partial charge on any atom is 0.410 e. The second-order valence-corrected chi connectivity index (χ2v) is 10.1. The van der Waals surface area contributed by atoms with Gasteiger partial charge in [0.15, 0.2) is 0 Å². The first-order valence-corrected chi connectivity index (χ1v) is 12.9. The molecule has 2 aromatic carbocycles. The maximum atomic E-state index is 13.3. The zero-order chi connectivity index (χ0) is 26.7. The molecule has 38 heavy (non-hydrogen) atoms. The summed E-state index contributed by atoms with van der Waals surface area (Å²) in [5, 5.41) is 11.7. The molecule has 1 aliphatic rings. The molecule has 204 valence electrons. The number of carbonyl (C=O) groups excluding carboxylic acids is 2. The van der Waals surface area contributed by atoms with E-state index in [9.17, 15) is 14.7 Å². The number of nitrogens with zero attached hydrogens (tertiary/aromatic N) is 3. The van der Waals surface area contributed by atoms with Gasteiger partial charge in [0.25, 0.3) is 5.91 Å². The number of hydrogen-bond donors (Lipinski definition) is 2. The van der Waals surface area contributed by atoms with Crippen LogP contribution in [0, 0.1) is 0 Å². The van der Waals surface area contributed by atoms with Crippen molar-refractivity contribution in [1.82, 2.24) is 14.8 Å². The third-order valence-electron chi connectivity index (χ3n) is 6.79. The van der Waals surface area contributed by atoms with E-state index >= 15 is 0 Å². The zero-order valence-electron chi connectivity index (χ0n) is 21.9. The summed E-state index contributed by atoms with van der Waals surface area (Å²) < 4.78 is 5.26. The van der Waals surface area contributed by atoms with E-state index in [1.807, 2.05) is 44.2 Å². The van der Waals surface area contributed by atoms with Crippen molar-refractivity contribution < 1.29 is 19.4 Å². The van der Waals surface area contributed by atoms with Crippen molar-refractivity contribution in [2.45, 2.75) is 38.8 Å². The molecule has 0 radical (unpaired) electrons. The van der Waals surface area contributed by atoms with Gasteiger partial charge in [-0.15, -0.1) is 0 Å². The third kappa shape index (κ3) is 6.23. The van der Waals surface area contributed by atoms with Gasteiger partial charge in [0.2, 0.25) is 0 Å². The highest BCUT2D eigenvalue weighted by molar-refractivity contribution is 7.59. The molecule has 2 atom stereocenters. The molecular formula is C28H35ClN4O4S. The highest BCUT2D eigenvalue weighted by Crippen LogP contribution is 2.30. The molecule has 1 unspecified atom stereocenters. The van der Waals surface area contributed by atoms with Crippen LogP contribution in [-0.4, -0.2) is 70.7 Å². The van der Waals surface area contributed by atoms with Crippen LogP contribution < -0.4 is 5.73 Å². The van der Waals surface area contributed by atoms with Gasteiger partial charge in [-0.05, 0) is 44.0 Å². The van der Waals surface area contributed by atoms with E-state index in [0.29, 0.717) is 53.6 Å². The highest BCUT2D eigenvalue weighted by atomic mass is 35.5. The molecule has 3 N–H and O–H groups in total. The Kier molecular flexibility index (Phi) is 9.64. The van der Waals surface area contributed by atoms with Gasteiger partial charge < -0.3 is 25.4 Å². The lowest BCUT2D eigenvalue weighted by atomic mass is 9.94. The van der Waals surface area contributed by atoms with Gasteiger partial charge in [-0.25, -0.2) is 9.78 Å². The number of carbonyl (C=O) groups is 2. The summed E-state index contributed by atoms with van der Waals surface area (Å²) in [7, 11) is 0. The predicted octanol–water partition coefficient (Wildman–Crippen LogP) is 4.53. The number of hydrogen-bond acceptors (Lipinski definition) is 6. The van der Waals surface area contributed by atoms with Gasteiger partial charge in [0, 0.05) is 48.7 Å². The van der Waals surface area contributed by atoms with Crippen molar-refractivity contribution in [3.8, 4) is 11.3 Å². The van der Waals surface area contributed by atoms with E-state index in [1.165, 1.54) is 0 Å². The van der Waals surface area contributed by atoms with Gasteiger partial charge in [-0.1, -0.05) is 48.9 Å². The number of pyridine rings is 1. The lowest BCUT2D eigenvalue weighted by Crippen LogP contribution is -2.55. The number of piperazine rings is 1. The fourth-order valence-corrected chi connectivity index (χ4v) is 4.72. The van der Waals surface area contributed by atoms with Gasteiger partial charge in [-0.2, -0.15) is 13.5 Å². The van der Waals surface area contributed by atoms with Crippen LogP contribution >= 0.6 is 25.1 Å². The molecule has 2 amide bonds. The fraction of sp³-hybridized carbons (Fsp3) is 0.393. The Bertz CT molecular complexity index is 1300. The van der Waals surface area contributed by atoms with Gasteiger partial charge in [-0.3, -0.25) is 4.79 Å². The minimum atomic E-state index is -1.11. The molecule has 10 heteroatoms. The smallest absolute Gasteiger partial charge is 0.410 e. The van der Waals surface area contributed by atoms with Crippen molar-refractivity contribution in [3.05, 3.63) is 64.7 Å². The number of aromatic nitrogens is 1. The number of nitrogens with two attached hydrogens (primary N) is 1. The van der Waals surface area contributed by atoms with Crippen molar-refractivity contribution in [1.29, 1.82) is 0 Å². The largest absolute Gasteiger partial charge is 0.449 e. The summed E-state index contributed by atoms with van der Waals surface area (Å²) >= 11 is 6.58. The Labute approximate surface area is 235 Å². The molecule has 0 saturated carbocycles. The third-order valence-corrected chi connectivity index (χ3v) is 7.10. The van der Waals surface area contributed by atoms with E-state index < -0.39 is 5.60 Å². The lowest BCUT2D eigenvalue weighted by Gasteiger charge is -2.39. The first kappa shape index (κ1) is 29.7. The standard InChI is InChI=1S/C28H33ClN4O4.H2S/c1-4-13-37-27(35)33-12-11-32(16-18(33)2)26(34)20-7-10-22-23(29)15-24(31-25(22)14-20)19-5-8-21(9-6-19)28(3,36)17-30;/h5-10,14-15,18,36H,4,11-13,16-17,30H2,1-3H3;1H2/t18-,28?;/m0./s1. The van der Waals surface area contributed by atoms with E-state index in [-0.39, 0.29) is 38.1 Å². The highest BCUT2D eigenvalue weighted by Gasteiger charge is 2.31. The average molecular weight is 559 g/mol. The first-order chi connectivity index (χ1) is 17.6. The molecule has 1 aromatic heterocycles.